The number of anilines is 1. The van der Waals surface area contributed by atoms with E-state index in [1.165, 1.54) is 0 Å². The largest absolute Gasteiger partial charge is 0.312 e. The van der Waals surface area contributed by atoms with Crippen molar-refractivity contribution in [2.45, 2.75) is 13.8 Å². The summed E-state index contributed by atoms with van der Waals surface area (Å²) in [6.07, 6.45) is 0.843. The highest BCUT2D eigenvalue weighted by atomic mass is 16.2. The number of hydrogen-bond acceptors (Lipinski definition) is 2. The standard InChI is InChI=1S/C15H15NO2/c1-3-16(11(2)18)15-9-8-12(10-17)13-6-4-5-7-14(13)15/h4-10H,3H2,1-2H3. The summed E-state index contributed by atoms with van der Waals surface area (Å²) in [6, 6.07) is 11.2. The van der Waals surface area contributed by atoms with E-state index in [0.29, 0.717) is 12.1 Å². The molecule has 0 radical (unpaired) electrons. The Balaban J connectivity index is 2.73. The highest BCUT2D eigenvalue weighted by Gasteiger charge is 2.13. The summed E-state index contributed by atoms with van der Waals surface area (Å²) in [7, 11) is 0. The minimum absolute atomic E-state index is 0.00139. The number of carbonyl (C=O) groups excluding carboxylic acids is 2. The van der Waals surface area contributed by atoms with Gasteiger partial charge in [0.05, 0.1) is 5.69 Å². The molecule has 2 aromatic carbocycles. The first kappa shape index (κ1) is 12.3. The molecule has 2 aromatic rings. The van der Waals surface area contributed by atoms with Gasteiger partial charge in [0.1, 0.15) is 0 Å². The summed E-state index contributed by atoms with van der Waals surface area (Å²) in [4.78, 5) is 24.4. The quantitative estimate of drug-likeness (QED) is 0.774. The number of amides is 1. The lowest BCUT2D eigenvalue weighted by atomic mass is 10.0. The van der Waals surface area contributed by atoms with E-state index in [-0.39, 0.29) is 5.91 Å². The average Bonchev–Trinajstić information content (AvgIpc) is 2.39. The van der Waals surface area contributed by atoms with E-state index >= 15 is 0 Å². The van der Waals surface area contributed by atoms with Crippen molar-refractivity contribution in [3.8, 4) is 0 Å². The second kappa shape index (κ2) is 5.00. The molecule has 0 aliphatic rings. The summed E-state index contributed by atoms with van der Waals surface area (Å²) in [5, 5.41) is 1.81. The second-order valence-corrected chi connectivity index (χ2v) is 4.10. The molecule has 3 heteroatoms. The van der Waals surface area contributed by atoms with Gasteiger partial charge in [0.25, 0.3) is 0 Å². The number of benzene rings is 2. The molecule has 0 fully saturated rings. The molecule has 0 bridgehead atoms. The Hall–Kier alpha value is -2.16. The number of hydrogen-bond donors (Lipinski definition) is 0. The van der Waals surface area contributed by atoms with Crippen LogP contribution in [0.1, 0.15) is 24.2 Å². The van der Waals surface area contributed by atoms with Crippen LogP contribution in [0.15, 0.2) is 36.4 Å². The van der Waals surface area contributed by atoms with Crippen LogP contribution in [0, 0.1) is 0 Å². The molecular formula is C15H15NO2. The molecule has 0 unspecified atom stereocenters. The van der Waals surface area contributed by atoms with Crippen LogP contribution >= 0.6 is 0 Å². The number of fused-ring (bicyclic) bond motifs is 1. The predicted octanol–water partition coefficient (Wildman–Crippen LogP) is 3.03. The van der Waals surface area contributed by atoms with Crippen LogP contribution < -0.4 is 4.90 Å². The van der Waals surface area contributed by atoms with Crippen LogP contribution in [0.3, 0.4) is 0 Å². The Morgan fingerprint density at radius 2 is 1.83 bits per heavy atom. The van der Waals surface area contributed by atoms with Gasteiger partial charge in [-0.2, -0.15) is 0 Å². The van der Waals surface area contributed by atoms with Gasteiger partial charge in [-0.25, -0.2) is 0 Å². The Kier molecular flexibility index (Phi) is 3.42. The van der Waals surface area contributed by atoms with Gasteiger partial charge >= 0.3 is 0 Å². The fourth-order valence-corrected chi connectivity index (χ4v) is 2.21. The molecule has 0 saturated heterocycles. The minimum atomic E-state index is 0.00139. The molecule has 0 aromatic heterocycles. The Morgan fingerprint density at radius 3 is 2.39 bits per heavy atom. The molecule has 0 atom stereocenters. The van der Waals surface area contributed by atoms with Gasteiger partial charge in [-0.3, -0.25) is 9.59 Å². The van der Waals surface area contributed by atoms with Crippen molar-refractivity contribution in [2.75, 3.05) is 11.4 Å². The minimum Gasteiger partial charge on any atom is -0.312 e. The van der Waals surface area contributed by atoms with E-state index < -0.39 is 0 Å². The highest BCUT2D eigenvalue weighted by Crippen LogP contribution is 2.28. The average molecular weight is 241 g/mol. The van der Waals surface area contributed by atoms with E-state index in [4.69, 9.17) is 0 Å². The summed E-state index contributed by atoms with van der Waals surface area (Å²) in [5.74, 6) is 0.00139. The van der Waals surface area contributed by atoms with Gasteiger partial charge in [0.2, 0.25) is 5.91 Å². The second-order valence-electron chi connectivity index (χ2n) is 4.10. The molecule has 0 aliphatic heterocycles. The lowest BCUT2D eigenvalue weighted by Crippen LogP contribution is -2.28. The molecule has 0 aliphatic carbocycles. The maximum absolute atomic E-state index is 11.6. The Bertz CT molecular complexity index is 604. The van der Waals surface area contributed by atoms with Crippen molar-refractivity contribution in [1.29, 1.82) is 0 Å². The fraction of sp³-hybridized carbons (Fsp3) is 0.200. The monoisotopic (exact) mass is 241 g/mol. The first-order chi connectivity index (χ1) is 8.69. The number of aldehydes is 1. The van der Waals surface area contributed by atoms with Gasteiger partial charge in [-0.1, -0.05) is 24.3 Å². The maximum Gasteiger partial charge on any atom is 0.223 e. The van der Waals surface area contributed by atoms with Crippen molar-refractivity contribution in [3.63, 3.8) is 0 Å². The predicted molar refractivity (Wildman–Crippen MR) is 73.0 cm³/mol. The molecule has 3 nitrogen and oxygen atoms in total. The smallest absolute Gasteiger partial charge is 0.223 e. The topological polar surface area (TPSA) is 37.4 Å². The third-order valence-corrected chi connectivity index (χ3v) is 3.05. The van der Waals surface area contributed by atoms with Crippen LogP contribution in [0.5, 0.6) is 0 Å². The lowest BCUT2D eigenvalue weighted by Gasteiger charge is -2.21. The van der Waals surface area contributed by atoms with Crippen molar-refractivity contribution < 1.29 is 9.59 Å². The number of rotatable bonds is 3. The first-order valence-corrected chi connectivity index (χ1v) is 5.94. The first-order valence-electron chi connectivity index (χ1n) is 5.94. The Morgan fingerprint density at radius 1 is 1.17 bits per heavy atom. The van der Waals surface area contributed by atoms with Crippen molar-refractivity contribution >= 4 is 28.7 Å². The van der Waals surface area contributed by atoms with Gasteiger partial charge < -0.3 is 4.90 Å². The van der Waals surface area contributed by atoms with E-state index in [9.17, 15) is 9.59 Å². The molecule has 0 saturated carbocycles. The van der Waals surface area contributed by atoms with E-state index in [0.717, 1.165) is 22.7 Å². The molecule has 92 valence electrons. The van der Waals surface area contributed by atoms with Crippen LogP contribution in [-0.2, 0) is 4.79 Å². The molecular weight excluding hydrogens is 226 g/mol. The van der Waals surface area contributed by atoms with Crippen molar-refractivity contribution in [2.24, 2.45) is 0 Å². The van der Waals surface area contributed by atoms with Gasteiger partial charge in [0, 0.05) is 24.4 Å². The summed E-state index contributed by atoms with van der Waals surface area (Å²) in [5.41, 5.74) is 1.50. The third-order valence-electron chi connectivity index (χ3n) is 3.05. The molecule has 1 amide bonds. The zero-order valence-electron chi connectivity index (χ0n) is 10.5. The van der Waals surface area contributed by atoms with E-state index in [1.807, 2.05) is 37.3 Å². The highest BCUT2D eigenvalue weighted by molar-refractivity contribution is 6.08. The third kappa shape index (κ3) is 1.99. The van der Waals surface area contributed by atoms with E-state index in [2.05, 4.69) is 0 Å². The van der Waals surface area contributed by atoms with Crippen molar-refractivity contribution in [1.82, 2.24) is 0 Å². The molecule has 0 spiro atoms. The van der Waals surface area contributed by atoms with E-state index in [1.54, 1.807) is 17.9 Å². The Labute approximate surface area is 106 Å². The van der Waals surface area contributed by atoms with Crippen LogP contribution in [-0.4, -0.2) is 18.7 Å². The van der Waals surface area contributed by atoms with Crippen LogP contribution in [0.4, 0.5) is 5.69 Å². The van der Waals surface area contributed by atoms with Gasteiger partial charge in [-0.15, -0.1) is 0 Å². The van der Waals surface area contributed by atoms with Gasteiger partial charge in [0.15, 0.2) is 6.29 Å². The zero-order chi connectivity index (χ0) is 13.1. The van der Waals surface area contributed by atoms with Crippen molar-refractivity contribution in [3.05, 3.63) is 42.0 Å². The molecule has 0 heterocycles. The molecule has 18 heavy (non-hydrogen) atoms. The van der Waals surface area contributed by atoms with Crippen LogP contribution in [0.25, 0.3) is 10.8 Å². The maximum atomic E-state index is 11.6. The fourth-order valence-electron chi connectivity index (χ4n) is 2.21. The molecule has 0 N–H and O–H groups in total. The summed E-state index contributed by atoms with van der Waals surface area (Å²) in [6.45, 7) is 4.09. The SMILES string of the molecule is CCN(C(C)=O)c1ccc(C=O)c2ccccc12. The lowest BCUT2D eigenvalue weighted by molar-refractivity contribution is -0.116. The zero-order valence-corrected chi connectivity index (χ0v) is 10.5. The normalized spacial score (nSPS) is 10.3. The van der Waals surface area contributed by atoms with Crippen LogP contribution in [0.2, 0.25) is 0 Å². The number of carbonyl (C=O) groups is 2. The summed E-state index contributed by atoms with van der Waals surface area (Å²) < 4.78 is 0. The summed E-state index contributed by atoms with van der Waals surface area (Å²) >= 11 is 0. The van der Waals surface area contributed by atoms with Gasteiger partial charge in [-0.05, 0) is 24.4 Å². The molecule has 2 rings (SSSR count). The number of nitrogens with zero attached hydrogens (tertiary/aromatic N) is 1.